The van der Waals surface area contributed by atoms with Gasteiger partial charge in [0.15, 0.2) is 11.5 Å². The third-order valence-electron chi connectivity index (χ3n) is 3.82. The lowest BCUT2D eigenvalue weighted by Gasteiger charge is -2.11. The first-order chi connectivity index (χ1) is 12.8. The zero-order valence-electron chi connectivity index (χ0n) is 14.3. The van der Waals surface area contributed by atoms with E-state index in [-0.39, 0.29) is 0 Å². The van der Waals surface area contributed by atoms with Gasteiger partial charge in [0.05, 0.1) is 12.0 Å². The lowest BCUT2D eigenvalue weighted by Crippen LogP contribution is -2.00. The second-order valence-corrected chi connectivity index (χ2v) is 5.59. The molecule has 0 unspecified atom stereocenters. The number of nitrogens with one attached hydrogen (secondary N) is 1. The summed E-state index contributed by atoms with van der Waals surface area (Å²) in [6, 6.07) is 15.3. The van der Waals surface area contributed by atoms with Crippen LogP contribution in [0, 0.1) is 0 Å². The molecule has 4 rings (SSSR count). The molecule has 0 aliphatic heterocycles. The number of nitrogens with zero attached hydrogens (tertiary/aromatic N) is 4. The zero-order chi connectivity index (χ0) is 17.8. The predicted octanol–water partition coefficient (Wildman–Crippen LogP) is 4.23. The summed E-state index contributed by atoms with van der Waals surface area (Å²) >= 11 is 0. The number of fused-ring (bicyclic) bond motifs is 1. The Bertz CT molecular complexity index is 1040. The first kappa shape index (κ1) is 16.0. The maximum atomic E-state index is 5.59. The Morgan fingerprint density at radius 1 is 0.962 bits per heavy atom. The summed E-state index contributed by atoms with van der Waals surface area (Å²) in [5.41, 5.74) is 2.41. The van der Waals surface area contributed by atoms with Crippen molar-refractivity contribution in [2.45, 2.75) is 6.92 Å². The number of hydrogen-bond acceptors (Lipinski definition) is 6. The van der Waals surface area contributed by atoms with Crippen LogP contribution in [0.2, 0.25) is 0 Å². The van der Waals surface area contributed by atoms with Crippen LogP contribution in [0.1, 0.15) is 6.92 Å². The van der Waals surface area contributed by atoms with Gasteiger partial charge in [-0.2, -0.15) is 0 Å². The highest BCUT2D eigenvalue weighted by atomic mass is 16.5. The van der Waals surface area contributed by atoms with Gasteiger partial charge in [0.1, 0.15) is 11.6 Å². The normalized spacial score (nSPS) is 10.7. The molecule has 0 aliphatic carbocycles. The van der Waals surface area contributed by atoms with Gasteiger partial charge in [-0.25, -0.2) is 15.0 Å². The van der Waals surface area contributed by atoms with Crippen LogP contribution < -0.4 is 10.1 Å². The van der Waals surface area contributed by atoms with E-state index in [9.17, 15) is 0 Å². The maximum Gasteiger partial charge on any atom is 0.165 e. The molecule has 0 atom stereocenters. The topological polar surface area (TPSA) is 72.8 Å². The number of rotatable bonds is 5. The van der Waals surface area contributed by atoms with Gasteiger partial charge >= 0.3 is 0 Å². The molecule has 0 bridgehead atoms. The Balaban J connectivity index is 1.82. The SMILES string of the molecule is CCOc1cccc(-c2nc(Nc3ccncc3)c3cccnc3n2)c1. The molecule has 6 nitrogen and oxygen atoms in total. The Hall–Kier alpha value is -3.54. The van der Waals surface area contributed by atoms with E-state index in [0.29, 0.717) is 23.9 Å². The molecule has 0 saturated heterocycles. The van der Waals surface area contributed by atoms with Gasteiger partial charge in [-0.1, -0.05) is 12.1 Å². The van der Waals surface area contributed by atoms with Crippen molar-refractivity contribution in [1.29, 1.82) is 0 Å². The third-order valence-corrected chi connectivity index (χ3v) is 3.82. The molecule has 4 aromatic rings. The number of pyridine rings is 2. The Labute approximate surface area is 150 Å². The standard InChI is InChI=1S/C20H17N5O/c1-2-26-16-6-3-5-14(13-16)18-24-19-17(7-4-10-22-19)20(25-18)23-15-8-11-21-12-9-15/h3-13H,2H2,1H3,(H,21,22,23,24,25). The molecular weight excluding hydrogens is 326 g/mol. The van der Waals surface area contributed by atoms with Gasteiger partial charge in [-0.05, 0) is 43.3 Å². The molecule has 6 heteroatoms. The molecule has 3 aromatic heterocycles. The van der Waals surface area contributed by atoms with Gasteiger partial charge in [-0.15, -0.1) is 0 Å². The van der Waals surface area contributed by atoms with Crippen molar-refractivity contribution < 1.29 is 4.74 Å². The van der Waals surface area contributed by atoms with Crippen LogP contribution in [0.25, 0.3) is 22.4 Å². The average molecular weight is 343 g/mol. The second kappa shape index (κ2) is 7.14. The summed E-state index contributed by atoms with van der Waals surface area (Å²) in [7, 11) is 0. The van der Waals surface area contributed by atoms with Crippen molar-refractivity contribution in [1.82, 2.24) is 19.9 Å². The highest BCUT2D eigenvalue weighted by Gasteiger charge is 2.11. The number of benzene rings is 1. The molecular formula is C20H17N5O. The lowest BCUT2D eigenvalue weighted by molar-refractivity contribution is 0.340. The van der Waals surface area contributed by atoms with Gasteiger partial charge in [0.25, 0.3) is 0 Å². The Morgan fingerprint density at radius 3 is 2.69 bits per heavy atom. The quantitative estimate of drug-likeness (QED) is 0.585. The minimum Gasteiger partial charge on any atom is -0.494 e. The molecule has 3 heterocycles. The van der Waals surface area contributed by atoms with E-state index in [2.05, 4.69) is 20.3 Å². The molecule has 26 heavy (non-hydrogen) atoms. The zero-order valence-corrected chi connectivity index (χ0v) is 14.3. The largest absolute Gasteiger partial charge is 0.494 e. The molecule has 1 aromatic carbocycles. The summed E-state index contributed by atoms with van der Waals surface area (Å²) in [6.45, 7) is 2.57. The van der Waals surface area contributed by atoms with Gasteiger partial charge in [-0.3, -0.25) is 4.98 Å². The van der Waals surface area contributed by atoms with Gasteiger partial charge < -0.3 is 10.1 Å². The average Bonchev–Trinajstić information content (AvgIpc) is 2.69. The summed E-state index contributed by atoms with van der Waals surface area (Å²) in [4.78, 5) is 17.8. The van der Waals surface area contributed by atoms with E-state index < -0.39 is 0 Å². The number of hydrogen-bond donors (Lipinski definition) is 1. The monoisotopic (exact) mass is 343 g/mol. The van der Waals surface area contributed by atoms with E-state index in [1.807, 2.05) is 55.5 Å². The van der Waals surface area contributed by atoms with Crippen molar-refractivity contribution in [2.75, 3.05) is 11.9 Å². The van der Waals surface area contributed by atoms with Crippen molar-refractivity contribution >= 4 is 22.5 Å². The molecule has 0 aliphatic rings. The molecule has 128 valence electrons. The highest BCUT2D eigenvalue weighted by molar-refractivity contribution is 5.89. The van der Waals surface area contributed by atoms with Crippen LogP contribution in [-0.2, 0) is 0 Å². The van der Waals surface area contributed by atoms with Crippen LogP contribution >= 0.6 is 0 Å². The first-order valence-corrected chi connectivity index (χ1v) is 8.36. The molecule has 0 saturated carbocycles. The van der Waals surface area contributed by atoms with E-state index in [4.69, 9.17) is 9.72 Å². The second-order valence-electron chi connectivity index (χ2n) is 5.59. The van der Waals surface area contributed by atoms with E-state index in [0.717, 1.165) is 22.4 Å². The molecule has 0 fully saturated rings. The van der Waals surface area contributed by atoms with Crippen LogP contribution in [0.15, 0.2) is 67.1 Å². The number of ether oxygens (including phenoxy) is 1. The summed E-state index contributed by atoms with van der Waals surface area (Å²) in [5, 5.41) is 4.19. The van der Waals surface area contributed by atoms with Crippen LogP contribution in [0.3, 0.4) is 0 Å². The van der Waals surface area contributed by atoms with E-state index in [1.54, 1.807) is 18.6 Å². The summed E-state index contributed by atoms with van der Waals surface area (Å²) in [6.07, 6.45) is 5.19. The Kier molecular flexibility index (Phi) is 4.38. The highest BCUT2D eigenvalue weighted by Crippen LogP contribution is 2.27. The van der Waals surface area contributed by atoms with Gasteiger partial charge in [0.2, 0.25) is 0 Å². The number of aromatic nitrogens is 4. The minimum atomic E-state index is 0.592. The van der Waals surface area contributed by atoms with Crippen LogP contribution in [-0.4, -0.2) is 26.5 Å². The first-order valence-electron chi connectivity index (χ1n) is 8.36. The fraction of sp³-hybridized carbons (Fsp3) is 0.100. The fourth-order valence-electron chi connectivity index (χ4n) is 2.65. The molecule has 1 N–H and O–H groups in total. The van der Waals surface area contributed by atoms with Crippen molar-refractivity contribution in [3.05, 3.63) is 67.1 Å². The van der Waals surface area contributed by atoms with E-state index in [1.165, 1.54) is 0 Å². The molecule has 0 spiro atoms. The van der Waals surface area contributed by atoms with Crippen molar-refractivity contribution in [2.24, 2.45) is 0 Å². The smallest absolute Gasteiger partial charge is 0.165 e. The maximum absolute atomic E-state index is 5.59. The Morgan fingerprint density at radius 2 is 1.85 bits per heavy atom. The van der Waals surface area contributed by atoms with Crippen molar-refractivity contribution in [3.8, 4) is 17.1 Å². The predicted molar refractivity (Wildman–Crippen MR) is 101 cm³/mol. The summed E-state index contributed by atoms with van der Waals surface area (Å²) in [5.74, 6) is 2.08. The molecule has 0 radical (unpaired) electrons. The van der Waals surface area contributed by atoms with Crippen molar-refractivity contribution in [3.63, 3.8) is 0 Å². The fourth-order valence-corrected chi connectivity index (χ4v) is 2.65. The molecule has 0 amide bonds. The van der Waals surface area contributed by atoms with Crippen LogP contribution in [0.4, 0.5) is 11.5 Å². The van der Waals surface area contributed by atoms with Gasteiger partial charge in [0, 0.05) is 29.8 Å². The lowest BCUT2D eigenvalue weighted by atomic mass is 10.2. The van der Waals surface area contributed by atoms with Crippen LogP contribution in [0.5, 0.6) is 5.75 Å². The summed E-state index contributed by atoms with van der Waals surface area (Å²) < 4.78 is 5.59. The van der Waals surface area contributed by atoms with E-state index >= 15 is 0 Å². The minimum absolute atomic E-state index is 0.592. The number of anilines is 2. The third kappa shape index (κ3) is 3.30.